The third kappa shape index (κ3) is 4.93. The van der Waals surface area contributed by atoms with Crippen LogP contribution in [0.3, 0.4) is 0 Å². The second-order valence-electron chi connectivity index (χ2n) is 10.2. The fraction of sp³-hybridized carbons (Fsp3) is 0.615. The Morgan fingerprint density at radius 3 is 2.82 bits per heavy atom. The third-order valence-corrected chi connectivity index (χ3v) is 7.51. The smallest absolute Gasteiger partial charge is 0.255 e. The molecule has 2 aliphatic heterocycles. The number of ether oxygens (including phenoxy) is 1. The number of aliphatic hydroxyl groups is 1. The third-order valence-electron chi connectivity index (χ3n) is 7.51. The summed E-state index contributed by atoms with van der Waals surface area (Å²) in [5, 5.41) is 17.8. The number of likely N-dealkylation sites (N-methyl/N-ethyl adjacent to an activating group) is 1. The highest BCUT2D eigenvalue weighted by Gasteiger charge is 2.53. The van der Waals surface area contributed by atoms with Crippen molar-refractivity contribution in [2.24, 2.45) is 10.7 Å². The molecule has 34 heavy (non-hydrogen) atoms. The SMILES string of the molecule is C/C=C\NCC(N=C(N)CC)C1(C)C(O)C(NC(=O)c2cccc3c2OCCC3(C)C)CN1C. The van der Waals surface area contributed by atoms with Gasteiger partial charge in [-0.3, -0.25) is 14.7 Å². The summed E-state index contributed by atoms with van der Waals surface area (Å²) in [5.74, 6) is 0.947. The lowest BCUT2D eigenvalue weighted by Crippen LogP contribution is -2.59. The molecule has 0 aromatic heterocycles. The summed E-state index contributed by atoms with van der Waals surface area (Å²) in [7, 11) is 1.95. The van der Waals surface area contributed by atoms with Crippen LogP contribution < -0.4 is 21.1 Å². The van der Waals surface area contributed by atoms with Gasteiger partial charge in [0.25, 0.3) is 5.91 Å². The van der Waals surface area contributed by atoms with Crippen molar-refractivity contribution in [1.29, 1.82) is 0 Å². The van der Waals surface area contributed by atoms with Crippen molar-refractivity contribution in [2.75, 3.05) is 26.7 Å². The average Bonchev–Trinajstić information content (AvgIpc) is 3.01. The molecule has 0 aliphatic carbocycles. The second-order valence-corrected chi connectivity index (χ2v) is 10.2. The number of aliphatic imine (C=N–C) groups is 1. The number of hydrogen-bond acceptors (Lipinski definition) is 6. The zero-order chi connectivity index (χ0) is 25.1. The van der Waals surface area contributed by atoms with Gasteiger partial charge in [0.15, 0.2) is 0 Å². The van der Waals surface area contributed by atoms with E-state index in [0.717, 1.165) is 12.0 Å². The minimum Gasteiger partial charge on any atom is -0.492 e. The summed E-state index contributed by atoms with van der Waals surface area (Å²) < 4.78 is 5.93. The van der Waals surface area contributed by atoms with Gasteiger partial charge in [-0.1, -0.05) is 39.0 Å². The Balaban J connectivity index is 1.84. The molecule has 0 radical (unpaired) electrons. The van der Waals surface area contributed by atoms with Gasteiger partial charge < -0.3 is 26.2 Å². The number of allylic oxidation sites excluding steroid dienone is 1. The Morgan fingerprint density at radius 2 is 2.15 bits per heavy atom. The van der Waals surface area contributed by atoms with Crippen molar-refractivity contribution in [2.45, 2.75) is 76.6 Å². The number of benzene rings is 1. The molecule has 4 unspecified atom stereocenters. The van der Waals surface area contributed by atoms with E-state index in [1.807, 2.05) is 52.2 Å². The standard InChI is InChI=1S/C26H41N5O3/c1-7-13-28-15-20(30-21(27)8-2)26(5)23(32)19(16-31(26)6)29-24(33)17-10-9-11-18-22(17)34-14-12-25(18,3)4/h7,9-11,13,19-20,23,28,32H,8,12,14-16H2,1-6H3,(H2,27,30)(H,29,33)/b13-7-. The normalized spacial score (nSPS) is 27.8. The van der Waals surface area contributed by atoms with Crippen LogP contribution in [-0.2, 0) is 5.41 Å². The van der Waals surface area contributed by atoms with Gasteiger partial charge >= 0.3 is 0 Å². The maximum absolute atomic E-state index is 13.4. The van der Waals surface area contributed by atoms with Crippen molar-refractivity contribution < 1.29 is 14.6 Å². The minimum atomic E-state index is -0.843. The highest BCUT2D eigenvalue weighted by molar-refractivity contribution is 5.97. The Bertz CT molecular complexity index is 944. The predicted octanol–water partition coefficient (Wildman–Crippen LogP) is 2.17. The summed E-state index contributed by atoms with van der Waals surface area (Å²) in [6.07, 6.45) is 4.46. The number of carbonyl (C=O) groups excluding carboxylic acids is 1. The molecule has 2 heterocycles. The Morgan fingerprint density at radius 1 is 1.41 bits per heavy atom. The number of fused-ring (bicyclic) bond motifs is 1. The van der Waals surface area contributed by atoms with E-state index < -0.39 is 17.7 Å². The number of carbonyl (C=O) groups is 1. The topological polar surface area (TPSA) is 112 Å². The molecule has 1 aromatic rings. The Hall–Kier alpha value is -2.58. The van der Waals surface area contributed by atoms with Crippen molar-refractivity contribution >= 4 is 11.7 Å². The second kappa shape index (κ2) is 10.4. The van der Waals surface area contributed by atoms with Crippen LogP contribution in [0.4, 0.5) is 0 Å². The molecule has 8 heteroatoms. The van der Waals surface area contributed by atoms with Crippen LogP contribution in [0, 0.1) is 0 Å². The van der Waals surface area contributed by atoms with E-state index in [4.69, 9.17) is 15.5 Å². The maximum atomic E-state index is 13.4. The van der Waals surface area contributed by atoms with Gasteiger partial charge in [-0.05, 0) is 45.0 Å². The van der Waals surface area contributed by atoms with Crippen molar-refractivity contribution in [3.05, 3.63) is 41.6 Å². The molecule has 1 fully saturated rings. The average molecular weight is 472 g/mol. The molecule has 188 valence electrons. The fourth-order valence-electron chi connectivity index (χ4n) is 4.97. The Kier molecular flexibility index (Phi) is 7.93. The zero-order valence-corrected chi connectivity index (χ0v) is 21.4. The molecule has 1 amide bonds. The number of aliphatic hydroxyl groups excluding tert-OH is 1. The summed E-state index contributed by atoms with van der Waals surface area (Å²) in [6.45, 7) is 11.8. The van der Waals surface area contributed by atoms with Gasteiger partial charge in [0.05, 0.1) is 41.7 Å². The van der Waals surface area contributed by atoms with Gasteiger partial charge in [0.2, 0.25) is 0 Å². The molecular formula is C26H41N5O3. The number of para-hydroxylation sites is 1. The largest absolute Gasteiger partial charge is 0.492 e. The molecule has 0 spiro atoms. The number of amides is 1. The number of nitrogens with zero attached hydrogens (tertiary/aromatic N) is 2. The first-order chi connectivity index (χ1) is 16.1. The van der Waals surface area contributed by atoms with Crippen LogP contribution in [0.25, 0.3) is 0 Å². The van der Waals surface area contributed by atoms with E-state index >= 15 is 0 Å². The summed E-state index contributed by atoms with van der Waals surface area (Å²) in [6, 6.07) is 4.95. The first-order valence-electron chi connectivity index (χ1n) is 12.2. The van der Waals surface area contributed by atoms with Crippen LogP contribution in [-0.4, -0.2) is 72.2 Å². The molecule has 5 N–H and O–H groups in total. The summed E-state index contributed by atoms with van der Waals surface area (Å²) in [5.41, 5.74) is 6.87. The molecule has 3 rings (SSSR count). The predicted molar refractivity (Wildman–Crippen MR) is 136 cm³/mol. The van der Waals surface area contributed by atoms with Crippen molar-refractivity contribution in [1.82, 2.24) is 15.5 Å². The first-order valence-corrected chi connectivity index (χ1v) is 12.2. The van der Waals surface area contributed by atoms with E-state index in [2.05, 4.69) is 29.4 Å². The Labute approximate surface area is 203 Å². The summed E-state index contributed by atoms with van der Waals surface area (Å²) in [4.78, 5) is 20.2. The first kappa shape index (κ1) is 26.0. The molecule has 1 saturated heterocycles. The lowest BCUT2D eigenvalue weighted by molar-refractivity contribution is 0.0272. The molecule has 2 aliphatic rings. The van der Waals surface area contributed by atoms with E-state index in [9.17, 15) is 9.90 Å². The molecular weight excluding hydrogens is 430 g/mol. The van der Waals surface area contributed by atoms with Crippen LogP contribution in [0.2, 0.25) is 0 Å². The van der Waals surface area contributed by atoms with Gasteiger partial charge in [0.1, 0.15) is 5.75 Å². The quantitative estimate of drug-likeness (QED) is 0.342. The number of likely N-dealkylation sites (tertiary alicyclic amines) is 1. The van der Waals surface area contributed by atoms with Gasteiger partial charge in [0, 0.05) is 25.1 Å². The molecule has 1 aromatic carbocycles. The van der Waals surface area contributed by atoms with Crippen LogP contribution >= 0.6 is 0 Å². The van der Waals surface area contributed by atoms with Gasteiger partial charge in [-0.2, -0.15) is 0 Å². The highest BCUT2D eigenvalue weighted by atomic mass is 16.5. The minimum absolute atomic E-state index is 0.0556. The van der Waals surface area contributed by atoms with Crippen molar-refractivity contribution in [3.63, 3.8) is 0 Å². The number of nitrogens with one attached hydrogen (secondary N) is 2. The van der Waals surface area contributed by atoms with E-state index in [1.165, 1.54) is 0 Å². The fourth-order valence-corrected chi connectivity index (χ4v) is 4.97. The lowest BCUT2D eigenvalue weighted by Gasteiger charge is -2.40. The van der Waals surface area contributed by atoms with Crippen molar-refractivity contribution in [3.8, 4) is 5.75 Å². The molecule has 8 nitrogen and oxygen atoms in total. The number of nitrogens with two attached hydrogens (primary N) is 1. The number of rotatable bonds is 8. The lowest BCUT2D eigenvalue weighted by atomic mass is 9.79. The zero-order valence-electron chi connectivity index (χ0n) is 21.4. The highest BCUT2D eigenvalue weighted by Crippen LogP contribution is 2.40. The van der Waals surface area contributed by atoms with E-state index in [1.54, 1.807) is 6.07 Å². The van der Waals surface area contributed by atoms with E-state index in [-0.39, 0.29) is 17.4 Å². The molecule has 0 bridgehead atoms. The van der Waals surface area contributed by atoms with Gasteiger partial charge in [-0.25, -0.2) is 0 Å². The van der Waals surface area contributed by atoms with Gasteiger partial charge in [-0.15, -0.1) is 0 Å². The van der Waals surface area contributed by atoms with E-state index in [0.29, 0.717) is 43.3 Å². The number of hydrogen-bond donors (Lipinski definition) is 4. The monoisotopic (exact) mass is 471 g/mol. The maximum Gasteiger partial charge on any atom is 0.255 e. The number of amidine groups is 1. The van der Waals surface area contributed by atoms with Crippen LogP contribution in [0.1, 0.15) is 63.4 Å². The summed E-state index contributed by atoms with van der Waals surface area (Å²) >= 11 is 0. The molecule has 0 saturated carbocycles. The molecule has 4 atom stereocenters. The van der Waals surface area contributed by atoms with Crippen LogP contribution in [0.5, 0.6) is 5.75 Å². The van der Waals surface area contributed by atoms with Crippen LogP contribution in [0.15, 0.2) is 35.5 Å².